The highest BCUT2D eigenvalue weighted by Crippen LogP contribution is 2.43. The Morgan fingerprint density at radius 1 is 1.26 bits per heavy atom. The highest BCUT2D eigenvalue weighted by atomic mass is 32.1. The molecule has 1 aliphatic rings. The maximum absolute atomic E-state index is 13.0. The van der Waals surface area contributed by atoms with E-state index in [1.807, 2.05) is 0 Å². The number of methoxy groups -OCH3 is 2. The van der Waals surface area contributed by atoms with Crippen molar-refractivity contribution in [3.05, 3.63) is 34.2 Å². The zero-order chi connectivity index (χ0) is 19.8. The fraction of sp³-hybridized carbons (Fsp3) is 0.476. The molecular weight excluding hydrogens is 360 g/mol. The summed E-state index contributed by atoms with van der Waals surface area (Å²) in [7, 11) is 3.16. The van der Waals surface area contributed by atoms with Crippen molar-refractivity contribution in [3.8, 4) is 11.5 Å². The predicted octanol–water partition coefficient (Wildman–Crippen LogP) is 4.75. The standard InChI is InChI=1S/C21H28N2O3S/c1-21(2,3)12-6-8-14-17(10-12)27-19(22)18(14)20(24)23-15-9-7-13(25-4)11-16(15)26-5/h7,9,11-12H,6,8,10,22H2,1-5H3,(H,23,24)/t12-/m1/s1. The van der Waals surface area contributed by atoms with E-state index in [0.717, 1.165) is 24.8 Å². The van der Waals surface area contributed by atoms with Gasteiger partial charge in [-0.15, -0.1) is 11.3 Å². The summed E-state index contributed by atoms with van der Waals surface area (Å²) in [5.74, 6) is 1.66. The van der Waals surface area contributed by atoms with Gasteiger partial charge >= 0.3 is 0 Å². The lowest BCUT2D eigenvalue weighted by Gasteiger charge is -2.33. The van der Waals surface area contributed by atoms with Gasteiger partial charge in [-0.3, -0.25) is 4.79 Å². The molecule has 1 amide bonds. The molecule has 3 rings (SSSR count). The van der Waals surface area contributed by atoms with E-state index < -0.39 is 0 Å². The second kappa shape index (κ2) is 7.43. The van der Waals surface area contributed by atoms with Crippen LogP contribution in [0.2, 0.25) is 0 Å². The molecule has 27 heavy (non-hydrogen) atoms. The molecule has 0 aliphatic heterocycles. The number of carbonyl (C=O) groups excluding carboxylic acids is 1. The smallest absolute Gasteiger partial charge is 0.259 e. The van der Waals surface area contributed by atoms with Crippen LogP contribution in [0.15, 0.2) is 18.2 Å². The summed E-state index contributed by atoms with van der Waals surface area (Å²) >= 11 is 1.56. The normalized spacial score (nSPS) is 16.6. The van der Waals surface area contributed by atoms with Gasteiger partial charge in [0.05, 0.1) is 30.5 Å². The first-order valence-electron chi connectivity index (χ1n) is 9.18. The van der Waals surface area contributed by atoms with Crippen molar-refractivity contribution in [2.75, 3.05) is 25.3 Å². The second-order valence-corrected chi connectivity index (χ2v) is 9.21. The molecule has 0 bridgehead atoms. The van der Waals surface area contributed by atoms with Gasteiger partial charge in [-0.1, -0.05) is 20.8 Å². The van der Waals surface area contributed by atoms with Crippen molar-refractivity contribution < 1.29 is 14.3 Å². The Bertz CT molecular complexity index is 852. The quantitative estimate of drug-likeness (QED) is 0.793. The molecule has 0 saturated heterocycles. The molecule has 146 valence electrons. The van der Waals surface area contributed by atoms with Crippen LogP contribution in [0.5, 0.6) is 11.5 Å². The third-order valence-corrected chi connectivity index (χ3v) is 6.48. The number of fused-ring (bicyclic) bond motifs is 1. The van der Waals surface area contributed by atoms with E-state index in [9.17, 15) is 4.79 Å². The number of rotatable bonds is 4. The molecule has 1 aromatic carbocycles. The van der Waals surface area contributed by atoms with Crippen LogP contribution in [0, 0.1) is 11.3 Å². The zero-order valence-electron chi connectivity index (χ0n) is 16.6. The molecule has 0 spiro atoms. The Hall–Kier alpha value is -2.21. The van der Waals surface area contributed by atoms with Crippen LogP contribution in [-0.2, 0) is 12.8 Å². The van der Waals surface area contributed by atoms with Gasteiger partial charge in [-0.05, 0) is 48.3 Å². The Labute approximate surface area is 164 Å². The summed E-state index contributed by atoms with van der Waals surface area (Å²) in [4.78, 5) is 14.3. The molecular formula is C21H28N2O3S. The van der Waals surface area contributed by atoms with Gasteiger partial charge in [0.2, 0.25) is 0 Å². The zero-order valence-corrected chi connectivity index (χ0v) is 17.5. The minimum Gasteiger partial charge on any atom is -0.497 e. The monoisotopic (exact) mass is 388 g/mol. The number of hydrogen-bond donors (Lipinski definition) is 2. The Balaban J connectivity index is 1.86. The van der Waals surface area contributed by atoms with Crippen molar-refractivity contribution in [1.29, 1.82) is 0 Å². The first-order chi connectivity index (χ1) is 12.7. The van der Waals surface area contributed by atoms with E-state index in [1.165, 1.54) is 4.88 Å². The lowest BCUT2D eigenvalue weighted by molar-refractivity contribution is 0.102. The summed E-state index contributed by atoms with van der Waals surface area (Å²) in [6.07, 6.45) is 2.97. The van der Waals surface area contributed by atoms with Gasteiger partial charge in [0, 0.05) is 10.9 Å². The van der Waals surface area contributed by atoms with Gasteiger partial charge in [0.1, 0.15) is 11.5 Å². The Morgan fingerprint density at radius 3 is 2.63 bits per heavy atom. The van der Waals surface area contributed by atoms with Crippen LogP contribution < -0.4 is 20.5 Å². The molecule has 5 nitrogen and oxygen atoms in total. The van der Waals surface area contributed by atoms with Crippen molar-refractivity contribution >= 4 is 27.9 Å². The molecule has 2 aromatic rings. The molecule has 0 unspecified atom stereocenters. The fourth-order valence-electron chi connectivity index (χ4n) is 3.68. The fourth-order valence-corrected chi connectivity index (χ4v) is 4.88. The largest absolute Gasteiger partial charge is 0.497 e. The lowest BCUT2D eigenvalue weighted by atomic mass is 9.72. The number of ether oxygens (including phenoxy) is 2. The lowest BCUT2D eigenvalue weighted by Crippen LogP contribution is -2.27. The van der Waals surface area contributed by atoms with E-state index in [0.29, 0.717) is 33.7 Å². The summed E-state index contributed by atoms with van der Waals surface area (Å²) in [5.41, 5.74) is 8.85. The summed E-state index contributed by atoms with van der Waals surface area (Å²) in [6.45, 7) is 6.84. The topological polar surface area (TPSA) is 73.6 Å². The number of nitrogens with two attached hydrogens (primary N) is 1. The van der Waals surface area contributed by atoms with Crippen LogP contribution in [0.3, 0.4) is 0 Å². The third-order valence-electron chi connectivity index (χ3n) is 5.40. The predicted molar refractivity (Wildman–Crippen MR) is 111 cm³/mol. The number of benzene rings is 1. The van der Waals surface area contributed by atoms with Crippen molar-refractivity contribution in [2.24, 2.45) is 11.3 Å². The van der Waals surface area contributed by atoms with E-state index in [4.69, 9.17) is 15.2 Å². The first kappa shape index (κ1) is 19.5. The van der Waals surface area contributed by atoms with Gasteiger partial charge < -0.3 is 20.5 Å². The molecule has 0 saturated carbocycles. The molecule has 3 N–H and O–H groups in total. The molecule has 6 heteroatoms. The SMILES string of the molecule is COc1ccc(NC(=O)c2c(N)sc3c2CC[C@@H](C(C)(C)C)C3)c(OC)c1. The highest BCUT2D eigenvalue weighted by molar-refractivity contribution is 7.16. The number of carbonyl (C=O) groups is 1. The van der Waals surface area contributed by atoms with Crippen LogP contribution in [0.1, 0.15) is 48.0 Å². The first-order valence-corrected chi connectivity index (χ1v) is 9.99. The summed E-state index contributed by atoms with van der Waals surface area (Å²) in [6, 6.07) is 5.31. The Morgan fingerprint density at radius 2 is 2.00 bits per heavy atom. The number of amides is 1. The number of hydrogen-bond acceptors (Lipinski definition) is 5. The van der Waals surface area contributed by atoms with Crippen molar-refractivity contribution in [2.45, 2.75) is 40.0 Å². The van der Waals surface area contributed by atoms with Gasteiger partial charge in [0.25, 0.3) is 5.91 Å². The number of nitrogens with one attached hydrogen (secondary N) is 1. The van der Waals surface area contributed by atoms with Gasteiger partial charge in [-0.25, -0.2) is 0 Å². The van der Waals surface area contributed by atoms with Crippen LogP contribution >= 0.6 is 11.3 Å². The average Bonchev–Trinajstić information content (AvgIpc) is 2.96. The molecule has 0 fully saturated rings. The molecule has 1 aromatic heterocycles. The molecule has 1 atom stereocenters. The maximum atomic E-state index is 13.0. The maximum Gasteiger partial charge on any atom is 0.259 e. The number of anilines is 2. The van der Waals surface area contributed by atoms with Crippen molar-refractivity contribution in [3.63, 3.8) is 0 Å². The van der Waals surface area contributed by atoms with Crippen LogP contribution in [-0.4, -0.2) is 20.1 Å². The third kappa shape index (κ3) is 3.90. The van der Waals surface area contributed by atoms with E-state index in [1.54, 1.807) is 43.8 Å². The van der Waals surface area contributed by atoms with E-state index in [2.05, 4.69) is 26.1 Å². The number of thiophene rings is 1. The minimum absolute atomic E-state index is 0.178. The van der Waals surface area contributed by atoms with Crippen molar-refractivity contribution in [1.82, 2.24) is 0 Å². The van der Waals surface area contributed by atoms with Gasteiger partial charge in [-0.2, -0.15) is 0 Å². The second-order valence-electron chi connectivity index (χ2n) is 8.07. The Kier molecular flexibility index (Phi) is 5.38. The number of nitrogen functional groups attached to an aromatic ring is 1. The highest BCUT2D eigenvalue weighted by Gasteiger charge is 2.33. The minimum atomic E-state index is -0.178. The van der Waals surface area contributed by atoms with E-state index >= 15 is 0 Å². The molecule has 1 heterocycles. The van der Waals surface area contributed by atoms with Crippen LogP contribution in [0.25, 0.3) is 0 Å². The van der Waals surface area contributed by atoms with Crippen LogP contribution in [0.4, 0.5) is 10.7 Å². The summed E-state index contributed by atoms with van der Waals surface area (Å²) in [5, 5.41) is 3.55. The average molecular weight is 389 g/mol. The molecule has 1 aliphatic carbocycles. The van der Waals surface area contributed by atoms with E-state index in [-0.39, 0.29) is 11.3 Å². The summed E-state index contributed by atoms with van der Waals surface area (Å²) < 4.78 is 10.6. The molecule has 0 radical (unpaired) electrons. The van der Waals surface area contributed by atoms with Gasteiger partial charge in [0.15, 0.2) is 0 Å².